The third kappa shape index (κ3) is 4.16. The van der Waals surface area contributed by atoms with Crippen LogP contribution in [0.15, 0.2) is 33.3 Å². The summed E-state index contributed by atoms with van der Waals surface area (Å²) in [4.78, 5) is 8.79. The van der Waals surface area contributed by atoms with E-state index in [1.54, 1.807) is 0 Å². The number of hydrogen-bond donors (Lipinski definition) is 1. The number of nitrogens with one attached hydrogen (secondary N) is 1. The molecule has 1 aromatic carbocycles. The van der Waals surface area contributed by atoms with Crippen LogP contribution >= 0.6 is 43.5 Å². The average molecular weight is 406 g/mol. The summed E-state index contributed by atoms with van der Waals surface area (Å²) in [7, 11) is 0. The first kappa shape index (κ1) is 14.8. The van der Waals surface area contributed by atoms with E-state index in [2.05, 4.69) is 54.1 Å². The Morgan fingerprint density at radius 1 is 1.21 bits per heavy atom. The lowest BCUT2D eigenvalue weighted by Crippen LogP contribution is -2.01. The van der Waals surface area contributed by atoms with E-state index in [9.17, 15) is 0 Å². The molecule has 1 aromatic heterocycles. The van der Waals surface area contributed by atoms with Gasteiger partial charge in [-0.05, 0) is 40.5 Å². The molecule has 2 rings (SSSR count). The van der Waals surface area contributed by atoms with Crippen molar-refractivity contribution in [2.45, 2.75) is 19.8 Å². The molecule has 2 aromatic rings. The van der Waals surface area contributed by atoms with Crippen molar-refractivity contribution in [2.24, 2.45) is 0 Å². The SMILES string of the molecule is CCCc1nc(Br)cc(Nc2ccc(Br)cc2Cl)n1. The molecule has 0 radical (unpaired) electrons. The smallest absolute Gasteiger partial charge is 0.135 e. The van der Waals surface area contributed by atoms with E-state index in [-0.39, 0.29) is 0 Å². The van der Waals surface area contributed by atoms with Crippen LogP contribution in [0.3, 0.4) is 0 Å². The van der Waals surface area contributed by atoms with Crippen LogP contribution in [0, 0.1) is 0 Å². The normalized spacial score (nSPS) is 10.5. The lowest BCUT2D eigenvalue weighted by molar-refractivity contribution is 0.831. The maximum absolute atomic E-state index is 6.17. The molecule has 0 amide bonds. The van der Waals surface area contributed by atoms with E-state index in [4.69, 9.17) is 11.6 Å². The molecule has 0 bridgehead atoms. The molecule has 0 unspecified atom stereocenters. The van der Waals surface area contributed by atoms with Gasteiger partial charge in [-0.15, -0.1) is 0 Å². The number of benzene rings is 1. The molecule has 0 aliphatic carbocycles. The lowest BCUT2D eigenvalue weighted by Gasteiger charge is -2.09. The van der Waals surface area contributed by atoms with Gasteiger partial charge in [0.25, 0.3) is 0 Å². The predicted molar refractivity (Wildman–Crippen MR) is 86.2 cm³/mol. The number of anilines is 2. The summed E-state index contributed by atoms with van der Waals surface area (Å²) in [5.74, 6) is 1.54. The molecule has 0 aliphatic heterocycles. The standard InChI is InChI=1S/C13H12Br2ClN3/c1-2-3-12-18-11(15)7-13(19-12)17-10-5-4-8(14)6-9(10)16/h4-7H,2-3H2,1H3,(H,17,18,19). The molecule has 0 aliphatic rings. The van der Waals surface area contributed by atoms with Crippen molar-refractivity contribution in [2.75, 3.05) is 5.32 Å². The number of aromatic nitrogens is 2. The summed E-state index contributed by atoms with van der Waals surface area (Å²) in [6.07, 6.45) is 1.86. The van der Waals surface area contributed by atoms with Crippen LogP contribution in [-0.4, -0.2) is 9.97 Å². The van der Waals surface area contributed by atoms with E-state index in [1.165, 1.54) is 0 Å². The van der Waals surface area contributed by atoms with Gasteiger partial charge in [-0.3, -0.25) is 0 Å². The number of aryl methyl sites for hydroxylation is 1. The van der Waals surface area contributed by atoms with Crippen LogP contribution in [0.25, 0.3) is 0 Å². The van der Waals surface area contributed by atoms with Gasteiger partial charge in [0.1, 0.15) is 16.2 Å². The van der Waals surface area contributed by atoms with Gasteiger partial charge in [0.2, 0.25) is 0 Å². The van der Waals surface area contributed by atoms with Gasteiger partial charge in [-0.25, -0.2) is 9.97 Å². The highest BCUT2D eigenvalue weighted by atomic mass is 79.9. The third-order valence-corrected chi connectivity index (χ3v) is 3.62. The molecular formula is C13H12Br2ClN3. The van der Waals surface area contributed by atoms with E-state index < -0.39 is 0 Å². The minimum absolute atomic E-state index is 0.640. The van der Waals surface area contributed by atoms with Crippen LogP contribution in [0.4, 0.5) is 11.5 Å². The van der Waals surface area contributed by atoms with Crippen molar-refractivity contribution in [3.8, 4) is 0 Å². The number of rotatable bonds is 4. The summed E-state index contributed by atoms with van der Waals surface area (Å²) >= 11 is 12.9. The second kappa shape index (κ2) is 6.68. The van der Waals surface area contributed by atoms with Crippen molar-refractivity contribution in [1.82, 2.24) is 9.97 Å². The highest BCUT2D eigenvalue weighted by Crippen LogP contribution is 2.28. The van der Waals surface area contributed by atoms with Crippen molar-refractivity contribution < 1.29 is 0 Å². The van der Waals surface area contributed by atoms with Crippen molar-refractivity contribution in [1.29, 1.82) is 0 Å². The van der Waals surface area contributed by atoms with Crippen LogP contribution in [0.5, 0.6) is 0 Å². The highest BCUT2D eigenvalue weighted by molar-refractivity contribution is 9.10. The summed E-state index contributed by atoms with van der Waals surface area (Å²) in [6.45, 7) is 2.10. The fourth-order valence-corrected chi connectivity index (χ4v) is 2.74. The fourth-order valence-electron chi connectivity index (χ4n) is 1.59. The maximum Gasteiger partial charge on any atom is 0.135 e. The summed E-state index contributed by atoms with van der Waals surface area (Å²) in [5.41, 5.74) is 0.818. The van der Waals surface area contributed by atoms with Gasteiger partial charge >= 0.3 is 0 Å². The Morgan fingerprint density at radius 3 is 2.68 bits per heavy atom. The van der Waals surface area contributed by atoms with E-state index in [0.29, 0.717) is 5.02 Å². The van der Waals surface area contributed by atoms with Gasteiger partial charge < -0.3 is 5.32 Å². The number of nitrogens with zero attached hydrogens (tertiary/aromatic N) is 2. The molecule has 100 valence electrons. The van der Waals surface area contributed by atoms with Crippen LogP contribution in [0.2, 0.25) is 5.02 Å². The summed E-state index contributed by atoms with van der Waals surface area (Å²) in [5, 5.41) is 3.85. The minimum Gasteiger partial charge on any atom is -0.339 e. The van der Waals surface area contributed by atoms with E-state index >= 15 is 0 Å². The first-order valence-corrected chi connectivity index (χ1v) is 7.80. The maximum atomic E-state index is 6.17. The second-order valence-electron chi connectivity index (χ2n) is 3.99. The summed E-state index contributed by atoms with van der Waals surface area (Å²) < 4.78 is 1.71. The Kier molecular flexibility index (Phi) is 5.19. The van der Waals surface area contributed by atoms with Crippen LogP contribution < -0.4 is 5.32 Å². The Bertz CT molecular complexity index is 590. The molecule has 1 heterocycles. The summed E-state index contributed by atoms with van der Waals surface area (Å²) in [6, 6.07) is 7.50. The average Bonchev–Trinajstić information content (AvgIpc) is 2.32. The van der Waals surface area contributed by atoms with Crippen molar-refractivity contribution >= 4 is 55.0 Å². The predicted octanol–water partition coefficient (Wildman–Crippen LogP) is 5.35. The molecule has 0 atom stereocenters. The first-order chi connectivity index (χ1) is 9.08. The molecule has 1 N–H and O–H groups in total. The van der Waals surface area contributed by atoms with Gasteiger partial charge in [0.05, 0.1) is 10.7 Å². The zero-order valence-corrected chi connectivity index (χ0v) is 14.2. The number of hydrogen-bond acceptors (Lipinski definition) is 3. The second-order valence-corrected chi connectivity index (χ2v) is 6.13. The van der Waals surface area contributed by atoms with Gasteiger partial charge in [-0.1, -0.05) is 34.5 Å². The third-order valence-electron chi connectivity index (χ3n) is 2.41. The minimum atomic E-state index is 0.640. The zero-order chi connectivity index (χ0) is 13.8. The Labute approximate surface area is 134 Å². The monoisotopic (exact) mass is 403 g/mol. The van der Waals surface area contributed by atoms with Crippen LogP contribution in [-0.2, 0) is 6.42 Å². The Hall–Kier alpha value is -0.650. The zero-order valence-electron chi connectivity index (χ0n) is 10.3. The van der Waals surface area contributed by atoms with Gasteiger partial charge in [0, 0.05) is 17.0 Å². The molecule has 6 heteroatoms. The molecule has 0 spiro atoms. The molecule has 0 saturated carbocycles. The Morgan fingerprint density at radius 2 is 2.00 bits per heavy atom. The molecular weight excluding hydrogens is 393 g/mol. The quantitative estimate of drug-likeness (QED) is 0.697. The molecule has 3 nitrogen and oxygen atoms in total. The van der Waals surface area contributed by atoms with E-state index in [1.807, 2.05) is 24.3 Å². The van der Waals surface area contributed by atoms with Crippen molar-refractivity contribution in [3.05, 3.63) is 44.2 Å². The largest absolute Gasteiger partial charge is 0.339 e. The Balaban J connectivity index is 2.27. The van der Waals surface area contributed by atoms with Crippen LogP contribution in [0.1, 0.15) is 19.2 Å². The highest BCUT2D eigenvalue weighted by Gasteiger charge is 2.06. The van der Waals surface area contributed by atoms with E-state index in [0.717, 1.165) is 39.2 Å². The fraction of sp³-hybridized carbons (Fsp3) is 0.231. The van der Waals surface area contributed by atoms with Gasteiger partial charge in [0.15, 0.2) is 0 Å². The van der Waals surface area contributed by atoms with Gasteiger partial charge in [-0.2, -0.15) is 0 Å². The molecule has 19 heavy (non-hydrogen) atoms. The lowest BCUT2D eigenvalue weighted by atomic mass is 10.3. The van der Waals surface area contributed by atoms with Crippen molar-refractivity contribution in [3.63, 3.8) is 0 Å². The topological polar surface area (TPSA) is 37.8 Å². The number of halogens is 3. The first-order valence-electron chi connectivity index (χ1n) is 5.84. The molecule has 0 fully saturated rings. The molecule has 0 saturated heterocycles.